The predicted octanol–water partition coefficient (Wildman–Crippen LogP) is 6.01. The van der Waals surface area contributed by atoms with Gasteiger partial charge in [0.05, 0.1) is 23.7 Å². The summed E-state index contributed by atoms with van der Waals surface area (Å²) in [6.07, 6.45) is 7.03. The van der Waals surface area contributed by atoms with Gasteiger partial charge in [0.2, 0.25) is 0 Å². The van der Waals surface area contributed by atoms with Gasteiger partial charge in [0, 0.05) is 30.2 Å². The molecule has 0 amide bonds. The number of ether oxygens (including phenoxy) is 1. The first-order chi connectivity index (χ1) is 14.3. The second-order valence-electron chi connectivity index (χ2n) is 9.91. The molecule has 5 nitrogen and oxygen atoms in total. The van der Waals surface area contributed by atoms with Crippen molar-refractivity contribution in [2.75, 3.05) is 6.61 Å². The van der Waals surface area contributed by atoms with Crippen molar-refractivity contribution in [1.29, 1.82) is 0 Å². The zero-order valence-electron chi connectivity index (χ0n) is 18.7. The SMILES string of the molecule is Cc1c(O)cc(-c2cc3c(c(C(C)(C)C)c2)OCCC3=NO)n1CC1CCCCC1. The number of nitrogens with zero attached hydrogens (tertiary/aromatic N) is 2. The maximum Gasteiger partial charge on any atom is 0.136 e. The van der Waals surface area contributed by atoms with Crippen LogP contribution in [-0.2, 0) is 12.0 Å². The fourth-order valence-electron chi connectivity index (χ4n) is 4.93. The van der Waals surface area contributed by atoms with Gasteiger partial charge in [-0.2, -0.15) is 0 Å². The Hall–Kier alpha value is -2.43. The highest BCUT2D eigenvalue weighted by Gasteiger charge is 2.29. The molecule has 5 heteroatoms. The van der Waals surface area contributed by atoms with Crippen molar-refractivity contribution in [1.82, 2.24) is 4.57 Å². The topological polar surface area (TPSA) is 67.0 Å². The Morgan fingerprint density at radius 1 is 1.13 bits per heavy atom. The summed E-state index contributed by atoms with van der Waals surface area (Å²) >= 11 is 0. The fourth-order valence-corrected chi connectivity index (χ4v) is 4.93. The molecule has 2 heterocycles. The highest BCUT2D eigenvalue weighted by molar-refractivity contribution is 6.04. The van der Waals surface area contributed by atoms with Crippen molar-refractivity contribution < 1.29 is 15.1 Å². The van der Waals surface area contributed by atoms with Gasteiger partial charge in [0.25, 0.3) is 0 Å². The van der Waals surface area contributed by atoms with E-state index in [1.807, 2.05) is 13.0 Å². The Morgan fingerprint density at radius 3 is 2.53 bits per heavy atom. The lowest BCUT2D eigenvalue weighted by Crippen LogP contribution is -2.22. The summed E-state index contributed by atoms with van der Waals surface area (Å²) < 4.78 is 8.31. The molecule has 0 saturated heterocycles. The summed E-state index contributed by atoms with van der Waals surface area (Å²) in [7, 11) is 0. The molecule has 0 bridgehead atoms. The normalized spacial score (nSPS) is 19.0. The van der Waals surface area contributed by atoms with Crippen LogP contribution in [0.25, 0.3) is 11.3 Å². The summed E-state index contributed by atoms with van der Waals surface area (Å²) in [6, 6.07) is 6.13. The van der Waals surface area contributed by atoms with Crippen molar-refractivity contribution >= 4 is 5.71 Å². The number of benzene rings is 1. The van der Waals surface area contributed by atoms with E-state index in [1.165, 1.54) is 32.1 Å². The van der Waals surface area contributed by atoms with E-state index >= 15 is 0 Å². The molecular weight excluding hydrogens is 376 g/mol. The summed E-state index contributed by atoms with van der Waals surface area (Å²) in [5.41, 5.74) is 5.45. The van der Waals surface area contributed by atoms with Crippen LogP contribution in [0.4, 0.5) is 0 Å². The second-order valence-corrected chi connectivity index (χ2v) is 9.91. The van der Waals surface area contributed by atoms with E-state index in [2.05, 4.69) is 42.6 Å². The van der Waals surface area contributed by atoms with Gasteiger partial charge in [-0.05, 0) is 48.8 Å². The molecule has 1 aromatic carbocycles. The Bertz CT molecular complexity index is 960. The summed E-state index contributed by atoms with van der Waals surface area (Å²) in [4.78, 5) is 0. The zero-order valence-corrected chi connectivity index (χ0v) is 18.7. The van der Waals surface area contributed by atoms with E-state index in [-0.39, 0.29) is 5.41 Å². The summed E-state index contributed by atoms with van der Waals surface area (Å²) in [5.74, 6) is 1.81. The molecule has 0 unspecified atom stereocenters. The van der Waals surface area contributed by atoms with E-state index in [4.69, 9.17) is 4.74 Å². The molecule has 162 valence electrons. The van der Waals surface area contributed by atoms with Crippen molar-refractivity contribution in [2.45, 2.75) is 78.2 Å². The molecule has 2 aromatic rings. The minimum atomic E-state index is -0.129. The Balaban J connectivity index is 1.86. The van der Waals surface area contributed by atoms with Crippen molar-refractivity contribution in [3.8, 4) is 22.8 Å². The first-order valence-corrected chi connectivity index (χ1v) is 11.2. The molecule has 0 radical (unpaired) electrons. The molecule has 1 aliphatic carbocycles. The lowest BCUT2D eigenvalue weighted by molar-refractivity contribution is 0.293. The molecule has 0 spiro atoms. The van der Waals surface area contributed by atoms with Crippen molar-refractivity contribution in [3.05, 3.63) is 35.0 Å². The fraction of sp³-hybridized carbons (Fsp3) is 0.560. The molecule has 1 aromatic heterocycles. The van der Waals surface area contributed by atoms with Crippen LogP contribution in [0.2, 0.25) is 0 Å². The molecule has 1 aliphatic heterocycles. The average molecular weight is 411 g/mol. The van der Waals surface area contributed by atoms with Gasteiger partial charge < -0.3 is 19.6 Å². The largest absolute Gasteiger partial charge is 0.506 e. The van der Waals surface area contributed by atoms with Gasteiger partial charge in [-0.3, -0.25) is 0 Å². The molecule has 1 saturated carbocycles. The van der Waals surface area contributed by atoms with Crippen LogP contribution < -0.4 is 4.74 Å². The number of aromatic nitrogens is 1. The van der Waals surface area contributed by atoms with Gasteiger partial charge in [0.15, 0.2) is 0 Å². The monoisotopic (exact) mass is 410 g/mol. The van der Waals surface area contributed by atoms with Crippen LogP contribution in [0.1, 0.15) is 76.1 Å². The average Bonchev–Trinajstić information content (AvgIpc) is 3.01. The van der Waals surface area contributed by atoms with Gasteiger partial charge in [-0.25, -0.2) is 0 Å². The minimum Gasteiger partial charge on any atom is -0.506 e. The number of rotatable bonds is 3. The van der Waals surface area contributed by atoms with Gasteiger partial charge >= 0.3 is 0 Å². The number of hydrogen-bond donors (Lipinski definition) is 2. The van der Waals surface area contributed by atoms with Crippen LogP contribution >= 0.6 is 0 Å². The molecule has 2 aliphatic rings. The highest BCUT2D eigenvalue weighted by Crippen LogP contribution is 2.42. The molecule has 1 fully saturated rings. The third-order valence-electron chi connectivity index (χ3n) is 6.71. The van der Waals surface area contributed by atoms with Gasteiger partial charge in [-0.1, -0.05) is 45.2 Å². The van der Waals surface area contributed by atoms with Crippen LogP contribution in [0.3, 0.4) is 0 Å². The molecular formula is C25H34N2O3. The Labute approximate surface area is 179 Å². The summed E-state index contributed by atoms with van der Waals surface area (Å²) in [5, 5.41) is 23.7. The van der Waals surface area contributed by atoms with Crippen molar-refractivity contribution in [3.63, 3.8) is 0 Å². The second kappa shape index (κ2) is 8.01. The van der Waals surface area contributed by atoms with E-state index in [1.54, 1.807) is 0 Å². The molecule has 2 N–H and O–H groups in total. The first-order valence-electron chi connectivity index (χ1n) is 11.2. The molecule has 30 heavy (non-hydrogen) atoms. The lowest BCUT2D eigenvalue weighted by Gasteiger charge is -2.29. The maximum atomic E-state index is 10.6. The zero-order chi connectivity index (χ0) is 21.5. The van der Waals surface area contributed by atoms with E-state index in [0.29, 0.717) is 30.4 Å². The van der Waals surface area contributed by atoms with Gasteiger partial charge in [-0.15, -0.1) is 0 Å². The Morgan fingerprint density at radius 2 is 1.87 bits per heavy atom. The number of fused-ring (bicyclic) bond motifs is 1. The van der Waals surface area contributed by atoms with E-state index in [0.717, 1.165) is 40.4 Å². The first kappa shape index (κ1) is 20.8. The maximum absolute atomic E-state index is 10.6. The van der Waals surface area contributed by atoms with Crippen LogP contribution in [0, 0.1) is 12.8 Å². The van der Waals surface area contributed by atoms with E-state index < -0.39 is 0 Å². The third-order valence-corrected chi connectivity index (χ3v) is 6.71. The highest BCUT2D eigenvalue weighted by atomic mass is 16.5. The van der Waals surface area contributed by atoms with Crippen LogP contribution in [0.15, 0.2) is 23.4 Å². The smallest absolute Gasteiger partial charge is 0.136 e. The van der Waals surface area contributed by atoms with Crippen LogP contribution in [-0.4, -0.2) is 27.2 Å². The molecule has 0 atom stereocenters. The van der Waals surface area contributed by atoms with Gasteiger partial charge in [0.1, 0.15) is 11.5 Å². The predicted molar refractivity (Wildman–Crippen MR) is 120 cm³/mol. The van der Waals surface area contributed by atoms with E-state index in [9.17, 15) is 10.3 Å². The minimum absolute atomic E-state index is 0.129. The number of aromatic hydroxyl groups is 1. The molecule has 4 rings (SSSR count). The number of oxime groups is 1. The number of hydrogen-bond acceptors (Lipinski definition) is 4. The summed E-state index contributed by atoms with van der Waals surface area (Å²) in [6.45, 7) is 9.96. The quantitative estimate of drug-likeness (QED) is 0.481. The standard InChI is InChI=1S/C25H34N2O3/c1-16-23(28)14-22(27(16)15-17-8-6-5-7-9-17)18-12-19-21(26-29)10-11-30-24(19)20(13-18)25(2,3)4/h12-14,17,28-29H,5-11,15H2,1-4H3. The van der Waals surface area contributed by atoms with Crippen LogP contribution in [0.5, 0.6) is 11.5 Å². The third kappa shape index (κ3) is 3.82. The van der Waals surface area contributed by atoms with Crippen molar-refractivity contribution in [2.24, 2.45) is 11.1 Å². The Kier molecular flexibility index (Phi) is 5.56. The lowest BCUT2D eigenvalue weighted by atomic mass is 9.82.